The van der Waals surface area contributed by atoms with E-state index in [4.69, 9.17) is 15.2 Å². The van der Waals surface area contributed by atoms with Gasteiger partial charge in [0.1, 0.15) is 11.2 Å². The van der Waals surface area contributed by atoms with Crippen molar-refractivity contribution in [2.75, 3.05) is 13.2 Å². The predicted octanol–water partition coefficient (Wildman–Crippen LogP) is 1.23. The summed E-state index contributed by atoms with van der Waals surface area (Å²) >= 11 is 0. The minimum absolute atomic E-state index is 0.137. The van der Waals surface area contributed by atoms with Crippen molar-refractivity contribution in [3.63, 3.8) is 0 Å². The van der Waals surface area contributed by atoms with E-state index in [-0.39, 0.29) is 12.0 Å². The molecule has 92 valence electrons. The number of hydrogen-bond donors (Lipinski definition) is 1. The molecule has 1 saturated heterocycles. The summed E-state index contributed by atoms with van der Waals surface area (Å²) < 4.78 is 10.7. The van der Waals surface area contributed by atoms with Gasteiger partial charge in [-0.1, -0.05) is 12.1 Å². The molecule has 0 radical (unpaired) electrons. The highest BCUT2D eigenvalue weighted by molar-refractivity contribution is 5.88. The molecular weight excluding hydrogens is 218 g/mol. The van der Waals surface area contributed by atoms with Crippen LogP contribution in [0.15, 0.2) is 24.3 Å². The molecule has 0 atom stereocenters. The van der Waals surface area contributed by atoms with Crippen molar-refractivity contribution < 1.29 is 14.3 Å². The molecular formula is C13H17NO3. The zero-order valence-corrected chi connectivity index (χ0v) is 10.1. The number of hydrogen-bond acceptors (Lipinski definition) is 3. The van der Waals surface area contributed by atoms with Gasteiger partial charge in [-0.25, -0.2) is 0 Å². The minimum Gasteiger partial charge on any atom is -0.491 e. The van der Waals surface area contributed by atoms with Crippen LogP contribution < -0.4 is 10.5 Å². The van der Waals surface area contributed by atoms with E-state index in [1.807, 2.05) is 38.1 Å². The maximum Gasteiger partial charge on any atom is 0.232 e. The lowest BCUT2D eigenvalue weighted by Crippen LogP contribution is -2.56. The summed E-state index contributed by atoms with van der Waals surface area (Å²) in [6.07, 6.45) is 0.137. The third-order valence-corrected chi connectivity index (χ3v) is 2.95. The Morgan fingerprint density at radius 2 is 1.94 bits per heavy atom. The van der Waals surface area contributed by atoms with E-state index in [0.29, 0.717) is 13.2 Å². The van der Waals surface area contributed by atoms with Gasteiger partial charge in [0.05, 0.1) is 19.3 Å². The first-order valence-corrected chi connectivity index (χ1v) is 5.69. The molecule has 2 rings (SSSR count). The molecule has 4 heteroatoms. The summed E-state index contributed by atoms with van der Waals surface area (Å²) in [7, 11) is 0. The molecule has 0 saturated carbocycles. The first-order chi connectivity index (χ1) is 8.04. The van der Waals surface area contributed by atoms with Crippen molar-refractivity contribution in [3.05, 3.63) is 29.8 Å². The van der Waals surface area contributed by atoms with Gasteiger partial charge in [0, 0.05) is 0 Å². The smallest absolute Gasteiger partial charge is 0.232 e. The first-order valence-electron chi connectivity index (χ1n) is 5.69. The Morgan fingerprint density at radius 1 is 1.35 bits per heavy atom. The highest BCUT2D eigenvalue weighted by Gasteiger charge is 2.46. The zero-order chi connectivity index (χ0) is 12.5. The molecule has 1 fully saturated rings. The first kappa shape index (κ1) is 11.9. The highest BCUT2D eigenvalue weighted by Crippen LogP contribution is 2.33. The third-order valence-electron chi connectivity index (χ3n) is 2.95. The van der Waals surface area contributed by atoms with Crippen LogP contribution in [0.3, 0.4) is 0 Å². The third kappa shape index (κ3) is 2.13. The summed E-state index contributed by atoms with van der Waals surface area (Å²) in [4.78, 5) is 11.5. The monoisotopic (exact) mass is 235 g/mol. The number of amides is 1. The topological polar surface area (TPSA) is 61.5 Å². The molecule has 0 spiro atoms. The van der Waals surface area contributed by atoms with Crippen LogP contribution in [-0.4, -0.2) is 25.2 Å². The predicted molar refractivity (Wildman–Crippen MR) is 63.9 cm³/mol. The molecule has 1 aliphatic rings. The van der Waals surface area contributed by atoms with Crippen LogP contribution in [0.4, 0.5) is 0 Å². The molecule has 1 heterocycles. The van der Waals surface area contributed by atoms with Crippen molar-refractivity contribution in [1.29, 1.82) is 0 Å². The van der Waals surface area contributed by atoms with E-state index in [1.165, 1.54) is 0 Å². The van der Waals surface area contributed by atoms with Crippen LogP contribution in [0.2, 0.25) is 0 Å². The van der Waals surface area contributed by atoms with E-state index < -0.39 is 5.41 Å². The molecule has 0 aromatic heterocycles. The number of nitrogens with two attached hydrogens (primary N) is 1. The number of ether oxygens (including phenoxy) is 2. The van der Waals surface area contributed by atoms with Crippen LogP contribution >= 0.6 is 0 Å². The van der Waals surface area contributed by atoms with E-state index >= 15 is 0 Å². The van der Waals surface area contributed by atoms with E-state index in [0.717, 1.165) is 11.3 Å². The average molecular weight is 235 g/mol. The highest BCUT2D eigenvalue weighted by atomic mass is 16.5. The van der Waals surface area contributed by atoms with Crippen molar-refractivity contribution in [3.8, 4) is 5.75 Å². The molecule has 0 aliphatic carbocycles. The van der Waals surface area contributed by atoms with Crippen LogP contribution in [0.1, 0.15) is 19.4 Å². The Kier molecular flexibility index (Phi) is 3.07. The van der Waals surface area contributed by atoms with Crippen LogP contribution in [-0.2, 0) is 14.9 Å². The standard InChI is InChI=1S/C13H17NO3/c1-9(2)17-11-5-3-10(4-6-11)13(12(14)15)7-16-8-13/h3-6,9H,7-8H2,1-2H3,(H2,14,15). The lowest BCUT2D eigenvalue weighted by Gasteiger charge is -2.38. The fourth-order valence-corrected chi connectivity index (χ4v) is 1.88. The van der Waals surface area contributed by atoms with Gasteiger partial charge < -0.3 is 15.2 Å². The molecule has 1 amide bonds. The van der Waals surface area contributed by atoms with Crippen molar-refractivity contribution >= 4 is 5.91 Å². The SMILES string of the molecule is CC(C)Oc1ccc(C2(C(N)=O)COC2)cc1. The second kappa shape index (κ2) is 4.37. The van der Waals surface area contributed by atoms with Gasteiger partial charge in [-0.3, -0.25) is 4.79 Å². The Balaban J connectivity index is 2.20. The average Bonchev–Trinajstić information content (AvgIpc) is 2.17. The van der Waals surface area contributed by atoms with Crippen molar-refractivity contribution in [1.82, 2.24) is 0 Å². The quantitative estimate of drug-likeness (QED) is 0.853. The van der Waals surface area contributed by atoms with Crippen molar-refractivity contribution in [2.45, 2.75) is 25.4 Å². The zero-order valence-electron chi connectivity index (χ0n) is 10.1. The molecule has 17 heavy (non-hydrogen) atoms. The minimum atomic E-state index is -0.642. The molecule has 1 aliphatic heterocycles. The number of carbonyl (C=O) groups is 1. The van der Waals surface area contributed by atoms with E-state index in [1.54, 1.807) is 0 Å². The van der Waals surface area contributed by atoms with Gasteiger partial charge in [-0.15, -0.1) is 0 Å². The number of primary amides is 1. The van der Waals surface area contributed by atoms with Crippen LogP contribution in [0.25, 0.3) is 0 Å². The molecule has 2 N–H and O–H groups in total. The Bertz CT molecular complexity index is 407. The van der Waals surface area contributed by atoms with Gasteiger partial charge in [0.2, 0.25) is 5.91 Å². The van der Waals surface area contributed by atoms with Crippen LogP contribution in [0.5, 0.6) is 5.75 Å². The fraction of sp³-hybridized carbons (Fsp3) is 0.462. The maximum atomic E-state index is 11.5. The Morgan fingerprint density at radius 3 is 2.29 bits per heavy atom. The van der Waals surface area contributed by atoms with Gasteiger partial charge in [-0.05, 0) is 31.5 Å². The lowest BCUT2D eigenvalue weighted by molar-refractivity contribution is -0.141. The maximum absolute atomic E-state index is 11.5. The molecule has 4 nitrogen and oxygen atoms in total. The van der Waals surface area contributed by atoms with E-state index in [2.05, 4.69) is 0 Å². The van der Waals surface area contributed by atoms with Gasteiger partial charge in [0.15, 0.2) is 0 Å². The summed E-state index contributed by atoms with van der Waals surface area (Å²) in [5, 5.41) is 0. The van der Waals surface area contributed by atoms with Gasteiger partial charge >= 0.3 is 0 Å². The summed E-state index contributed by atoms with van der Waals surface area (Å²) in [6, 6.07) is 7.48. The fourth-order valence-electron chi connectivity index (χ4n) is 1.88. The normalized spacial score (nSPS) is 17.6. The number of rotatable bonds is 4. The second-order valence-electron chi connectivity index (χ2n) is 4.63. The summed E-state index contributed by atoms with van der Waals surface area (Å²) in [5.74, 6) is 0.463. The largest absolute Gasteiger partial charge is 0.491 e. The summed E-state index contributed by atoms with van der Waals surface area (Å²) in [6.45, 7) is 4.68. The van der Waals surface area contributed by atoms with Gasteiger partial charge in [0.25, 0.3) is 0 Å². The van der Waals surface area contributed by atoms with Gasteiger partial charge in [-0.2, -0.15) is 0 Å². The molecule has 0 unspecified atom stereocenters. The molecule has 1 aromatic carbocycles. The lowest BCUT2D eigenvalue weighted by atomic mass is 9.78. The number of carbonyl (C=O) groups excluding carboxylic acids is 1. The van der Waals surface area contributed by atoms with Crippen molar-refractivity contribution in [2.24, 2.45) is 5.73 Å². The molecule has 1 aromatic rings. The van der Waals surface area contributed by atoms with Crippen LogP contribution in [0, 0.1) is 0 Å². The Hall–Kier alpha value is -1.55. The van der Waals surface area contributed by atoms with E-state index in [9.17, 15) is 4.79 Å². The Labute approximate surface area is 101 Å². The second-order valence-corrected chi connectivity index (χ2v) is 4.63. The number of benzene rings is 1. The molecule has 0 bridgehead atoms. The summed E-state index contributed by atoms with van der Waals surface area (Å²) in [5.41, 5.74) is 5.69.